The quantitative estimate of drug-likeness (QED) is 0.889. The van der Waals surface area contributed by atoms with E-state index in [-0.39, 0.29) is 0 Å². The van der Waals surface area contributed by atoms with Gasteiger partial charge in [-0.25, -0.2) is 0 Å². The predicted molar refractivity (Wildman–Crippen MR) is 84.1 cm³/mol. The number of methoxy groups -OCH3 is 2. The summed E-state index contributed by atoms with van der Waals surface area (Å²) in [6.45, 7) is 3.30. The Balaban J connectivity index is 2.03. The Kier molecular flexibility index (Phi) is 5.42. The summed E-state index contributed by atoms with van der Waals surface area (Å²) in [7, 11) is 3.17. The summed E-state index contributed by atoms with van der Waals surface area (Å²) in [6.07, 6.45) is 0. The largest absolute Gasteiger partial charge is 0.493 e. The molecule has 0 unspecified atom stereocenters. The van der Waals surface area contributed by atoms with E-state index in [0.717, 1.165) is 17.0 Å². The van der Waals surface area contributed by atoms with Gasteiger partial charge < -0.3 is 14.8 Å². The van der Waals surface area contributed by atoms with Crippen molar-refractivity contribution in [3.63, 3.8) is 0 Å². The van der Waals surface area contributed by atoms with Crippen molar-refractivity contribution in [3.05, 3.63) is 52.3 Å². The fourth-order valence-electron chi connectivity index (χ4n) is 2.09. The molecule has 0 amide bonds. The van der Waals surface area contributed by atoms with Gasteiger partial charge in [-0.15, -0.1) is 0 Å². The van der Waals surface area contributed by atoms with Crippen LogP contribution in [0.4, 0.5) is 0 Å². The number of hydrogen-bond acceptors (Lipinski definition) is 4. The number of nitrogens with one attached hydrogen (secondary N) is 1. The van der Waals surface area contributed by atoms with E-state index in [1.165, 1.54) is 0 Å². The lowest BCUT2D eigenvalue weighted by molar-refractivity contribution is 0.354. The van der Waals surface area contributed by atoms with Crippen LogP contribution >= 0.6 is 11.6 Å². The lowest BCUT2D eigenvalue weighted by atomic mass is 10.2. The van der Waals surface area contributed by atoms with Crippen molar-refractivity contribution in [1.29, 1.82) is 0 Å². The fourth-order valence-corrected chi connectivity index (χ4v) is 2.39. The number of halogens is 1. The molecule has 1 N–H and O–H groups in total. The Hall–Kier alpha value is -1.78. The van der Waals surface area contributed by atoms with Crippen molar-refractivity contribution in [2.45, 2.75) is 20.0 Å². The zero-order chi connectivity index (χ0) is 15.2. The Bertz CT molecular complexity index is 617. The van der Waals surface area contributed by atoms with Crippen LogP contribution in [0.3, 0.4) is 0 Å². The number of aryl methyl sites for hydroxylation is 1. The molecule has 0 fully saturated rings. The monoisotopic (exact) mass is 306 g/mol. The molecular formula is C16H19ClN2O2. The molecule has 0 saturated carbocycles. The fraction of sp³-hybridized carbons (Fsp3) is 0.312. The molecule has 1 heterocycles. The van der Waals surface area contributed by atoms with Gasteiger partial charge in [0.15, 0.2) is 11.5 Å². The number of benzene rings is 1. The minimum absolute atomic E-state index is 0.562. The van der Waals surface area contributed by atoms with E-state index >= 15 is 0 Å². The highest BCUT2D eigenvalue weighted by Crippen LogP contribution is 2.37. The second-order valence-corrected chi connectivity index (χ2v) is 5.03. The van der Waals surface area contributed by atoms with Crippen LogP contribution in [0.1, 0.15) is 17.0 Å². The molecule has 4 nitrogen and oxygen atoms in total. The molecule has 5 heteroatoms. The molecule has 0 bridgehead atoms. The first kappa shape index (κ1) is 15.6. The Morgan fingerprint density at radius 1 is 1.10 bits per heavy atom. The molecule has 1 aromatic heterocycles. The molecule has 0 aliphatic rings. The molecule has 0 aliphatic carbocycles. The zero-order valence-corrected chi connectivity index (χ0v) is 13.2. The average molecular weight is 307 g/mol. The van der Waals surface area contributed by atoms with Crippen molar-refractivity contribution in [1.82, 2.24) is 10.3 Å². The van der Waals surface area contributed by atoms with E-state index in [4.69, 9.17) is 21.1 Å². The maximum atomic E-state index is 6.34. The summed E-state index contributed by atoms with van der Waals surface area (Å²) in [5.74, 6) is 1.19. The third-order valence-corrected chi connectivity index (χ3v) is 3.55. The summed E-state index contributed by atoms with van der Waals surface area (Å²) in [5.41, 5.74) is 2.98. The highest BCUT2D eigenvalue weighted by molar-refractivity contribution is 6.33. The smallest absolute Gasteiger partial charge is 0.179 e. The van der Waals surface area contributed by atoms with Crippen molar-refractivity contribution in [2.24, 2.45) is 0 Å². The van der Waals surface area contributed by atoms with Gasteiger partial charge in [-0.05, 0) is 30.7 Å². The summed E-state index contributed by atoms with van der Waals surface area (Å²) >= 11 is 6.34. The number of hydrogen-bond donors (Lipinski definition) is 1. The molecule has 0 aliphatic heterocycles. The van der Waals surface area contributed by atoms with E-state index in [0.29, 0.717) is 29.6 Å². The van der Waals surface area contributed by atoms with E-state index in [9.17, 15) is 0 Å². The average Bonchev–Trinajstić information content (AvgIpc) is 2.48. The van der Waals surface area contributed by atoms with E-state index in [1.807, 2.05) is 37.3 Å². The van der Waals surface area contributed by atoms with E-state index in [1.54, 1.807) is 14.2 Å². The topological polar surface area (TPSA) is 43.4 Å². The van der Waals surface area contributed by atoms with Crippen LogP contribution in [0.5, 0.6) is 11.5 Å². The zero-order valence-electron chi connectivity index (χ0n) is 12.4. The molecule has 0 radical (unpaired) electrons. The Morgan fingerprint density at radius 3 is 2.57 bits per heavy atom. The first-order valence-corrected chi connectivity index (χ1v) is 7.06. The Labute approximate surface area is 130 Å². The third kappa shape index (κ3) is 3.86. The summed E-state index contributed by atoms with van der Waals surface area (Å²) in [5, 5.41) is 3.90. The maximum absolute atomic E-state index is 6.34. The van der Waals surface area contributed by atoms with Gasteiger partial charge in [0.1, 0.15) is 0 Å². The molecule has 2 aromatic rings. The van der Waals surface area contributed by atoms with Crippen LogP contribution < -0.4 is 14.8 Å². The number of aromatic nitrogens is 1. The molecule has 2 rings (SSSR count). The van der Waals surface area contributed by atoms with Gasteiger partial charge in [-0.3, -0.25) is 4.98 Å². The van der Waals surface area contributed by atoms with Gasteiger partial charge in [0.25, 0.3) is 0 Å². The third-order valence-electron chi connectivity index (χ3n) is 3.13. The van der Waals surface area contributed by atoms with Crippen molar-refractivity contribution >= 4 is 11.6 Å². The van der Waals surface area contributed by atoms with Crippen LogP contribution in [0.15, 0.2) is 30.3 Å². The van der Waals surface area contributed by atoms with E-state index < -0.39 is 0 Å². The second kappa shape index (κ2) is 7.29. The van der Waals surface area contributed by atoms with Crippen molar-refractivity contribution in [2.75, 3.05) is 14.2 Å². The standard InChI is InChI=1S/C16H19ClN2O2/c1-11-5-4-6-13(19-11)10-18-9-12-7-8-14(20-2)16(21-3)15(12)17/h4-8,18H,9-10H2,1-3H3. The summed E-state index contributed by atoms with van der Waals surface area (Å²) in [6, 6.07) is 9.76. The minimum atomic E-state index is 0.562. The Morgan fingerprint density at radius 2 is 1.90 bits per heavy atom. The number of ether oxygens (including phenoxy) is 2. The second-order valence-electron chi connectivity index (χ2n) is 4.65. The first-order valence-electron chi connectivity index (χ1n) is 6.68. The van der Waals surface area contributed by atoms with Gasteiger partial charge in [-0.1, -0.05) is 23.7 Å². The van der Waals surface area contributed by atoms with Crippen molar-refractivity contribution in [3.8, 4) is 11.5 Å². The lowest BCUT2D eigenvalue weighted by Crippen LogP contribution is -2.14. The van der Waals surface area contributed by atoms with Gasteiger partial charge >= 0.3 is 0 Å². The predicted octanol–water partition coefficient (Wildman–Crippen LogP) is 3.35. The molecule has 1 aromatic carbocycles. The summed E-state index contributed by atoms with van der Waals surface area (Å²) in [4.78, 5) is 4.45. The van der Waals surface area contributed by atoms with Gasteiger partial charge in [0, 0.05) is 18.8 Å². The molecule has 112 valence electrons. The highest BCUT2D eigenvalue weighted by Gasteiger charge is 2.12. The van der Waals surface area contributed by atoms with Crippen molar-refractivity contribution < 1.29 is 9.47 Å². The van der Waals surface area contributed by atoms with Crippen LogP contribution in [0, 0.1) is 6.92 Å². The molecule has 21 heavy (non-hydrogen) atoms. The number of rotatable bonds is 6. The first-order chi connectivity index (χ1) is 10.2. The summed E-state index contributed by atoms with van der Waals surface area (Å²) < 4.78 is 10.5. The van der Waals surface area contributed by atoms with Crippen LogP contribution in [-0.4, -0.2) is 19.2 Å². The van der Waals surface area contributed by atoms with Crippen LogP contribution in [0.25, 0.3) is 0 Å². The van der Waals surface area contributed by atoms with Crippen LogP contribution in [0.2, 0.25) is 5.02 Å². The molecule has 0 saturated heterocycles. The van der Waals surface area contributed by atoms with E-state index in [2.05, 4.69) is 10.3 Å². The highest BCUT2D eigenvalue weighted by atomic mass is 35.5. The molecule has 0 atom stereocenters. The van der Waals surface area contributed by atoms with Gasteiger partial charge in [0.2, 0.25) is 0 Å². The molecular weight excluding hydrogens is 288 g/mol. The number of pyridine rings is 1. The lowest BCUT2D eigenvalue weighted by Gasteiger charge is -2.13. The van der Waals surface area contributed by atoms with Crippen LogP contribution in [-0.2, 0) is 13.1 Å². The van der Waals surface area contributed by atoms with Gasteiger partial charge in [-0.2, -0.15) is 0 Å². The maximum Gasteiger partial charge on any atom is 0.179 e. The number of nitrogens with zero attached hydrogens (tertiary/aromatic N) is 1. The SMILES string of the molecule is COc1ccc(CNCc2cccc(C)n2)c(Cl)c1OC. The van der Waals surface area contributed by atoms with Gasteiger partial charge in [0.05, 0.1) is 24.9 Å². The minimum Gasteiger partial charge on any atom is -0.493 e. The normalized spacial score (nSPS) is 10.5. The molecule has 0 spiro atoms.